The standard InChI is InChI=1S/C19H22N6O2/c1-2-5-15(19(26)27)16(18-22-24-25-23-18)10-12-6-3-4-7-14(12)13-8-9-17(20)21-11-13/h3-4,6-9,11,15-16H,2,5,10H2,1H3,(H2,20,21)(H,26,27)(H,22,23,24,25). The van der Waals surface area contributed by atoms with Crippen LogP contribution in [-0.2, 0) is 11.2 Å². The largest absolute Gasteiger partial charge is 0.481 e. The third kappa shape index (κ3) is 4.28. The number of rotatable bonds is 8. The summed E-state index contributed by atoms with van der Waals surface area (Å²) in [6, 6.07) is 11.5. The Morgan fingerprint density at radius 3 is 2.70 bits per heavy atom. The van der Waals surface area contributed by atoms with Crippen LogP contribution in [0.1, 0.15) is 37.1 Å². The molecule has 0 aliphatic heterocycles. The molecule has 0 radical (unpaired) electrons. The number of anilines is 1. The molecule has 0 aliphatic carbocycles. The lowest BCUT2D eigenvalue weighted by Crippen LogP contribution is -2.25. The summed E-state index contributed by atoms with van der Waals surface area (Å²) in [5.41, 5.74) is 8.60. The normalized spacial score (nSPS) is 13.2. The quantitative estimate of drug-likeness (QED) is 0.558. The lowest BCUT2D eigenvalue weighted by atomic mass is 9.82. The molecule has 27 heavy (non-hydrogen) atoms. The number of H-pyrrole nitrogens is 1. The third-order valence-corrected chi connectivity index (χ3v) is 4.65. The lowest BCUT2D eigenvalue weighted by Gasteiger charge is -2.22. The minimum absolute atomic E-state index is 0.385. The molecule has 8 nitrogen and oxygen atoms in total. The van der Waals surface area contributed by atoms with Crippen molar-refractivity contribution in [1.82, 2.24) is 25.6 Å². The van der Waals surface area contributed by atoms with Gasteiger partial charge in [-0.1, -0.05) is 42.8 Å². The first-order chi connectivity index (χ1) is 13.1. The monoisotopic (exact) mass is 366 g/mol. The first kappa shape index (κ1) is 18.5. The van der Waals surface area contributed by atoms with E-state index < -0.39 is 11.9 Å². The maximum atomic E-state index is 11.9. The maximum absolute atomic E-state index is 11.9. The van der Waals surface area contributed by atoms with Gasteiger partial charge in [-0.2, -0.15) is 5.21 Å². The van der Waals surface area contributed by atoms with Crippen LogP contribution >= 0.6 is 0 Å². The Morgan fingerprint density at radius 1 is 1.26 bits per heavy atom. The van der Waals surface area contributed by atoms with Crippen LogP contribution in [0.5, 0.6) is 0 Å². The van der Waals surface area contributed by atoms with Gasteiger partial charge >= 0.3 is 5.97 Å². The Morgan fingerprint density at radius 2 is 2.07 bits per heavy atom. The number of carboxylic acids is 1. The molecule has 0 saturated heterocycles. The van der Waals surface area contributed by atoms with Crippen LogP contribution in [0.2, 0.25) is 0 Å². The predicted octanol–water partition coefficient (Wildman–Crippen LogP) is 2.67. The molecule has 0 amide bonds. The number of aromatic amines is 1. The molecule has 2 atom stereocenters. The van der Waals surface area contributed by atoms with E-state index in [1.807, 2.05) is 37.3 Å². The highest BCUT2D eigenvalue weighted by atomic mass is 16.4. The smallest absolute Gasteiger partial charge is 0.307 e. The zero-order chi connectivity index (χ0) is 19.2. The molecular formula is C19H22N6O2. The van der Waals surface area contributed by atoms with Crippen molar-refractivity contribution in [3.8, 4) is 11.1 Å². The third-order valence-electron chi connectivity index (χ3n) is 4.65. The lowest BCUT2D eigenvalue weighted by molar-refractivity contribution is -0.142. The fourth-order valence-corrected chi connectivity index (χ4v) is 3.33. The summed E-state index contributed by atoms with van der Waals surface area (Å²) in [4.78, 5) is 16.1. The minimum atomic E-state index is -0.849. The molecule has 2 aromatic heterocycles. The molecule has 2 heterocycles. The Bertz CT molecular complexity index is 879. The molecular weight excluding hydrogens is 344 g/mol. The molecule has 8 heteroatoms. The maximum Gasteiger partial charge on any atom is 0.307 e. The number of benzene rings is 1. The molecule has 0 bridgehead atoms. The number of carboxylic acid groups (broad SMARTS) is 1. The van der Waals surface area contributed by atoms with E-state index in [2.05, 4.69) is 25.6 Å². The number of nitrogens with one attached hydrogen (secondary N) is 1. The molecule has 3 aromatic rings. The van der Waals surface area contributed by atoms with Crippen LogP contribution in [0.15, 0.2) is 42.6 Å². The number of nitrogens with zero attached hydrogens (tertiary/aromatic N) is 4. The van der Waals surface area contributed by atoms with Gasteiger partial charge in [-0.15, -0.1) is 10.2 Å². The average Bonchev–Trinajstić information content (AvgIpc) is 3.20. The fourth-order valence-electron chi connectivity index (χ4n) is 3.33. The van der Waals surface area contributed by atoms with Gasteiger partial charge in [0.1, 0.15) is 5.82 Å². The summed E-state index contributed by atoms with van der Waals surface area (Å²) in [5.74, 6) is -0.955. The second kappa shape index (κ2) is 8.39. The summed E-state index contributed by atoms with van der Waals surface area (Å²) >= 11 is 0. The number of pyridine rings is 1. The van der Waals surface area contributed by atoms with Crippen LogP contribution < -0.4 is 5.73 Å². The predicted molar refractivity (Wildman–Crippen MR) is 101 cm³/mol. The van der Waals surface area contributed by atoms with E-state index in [9.17, 15) is 9.90 Å². The number of nitrogens with two attached hydrogens (primary N) is 1. The van der Waals surface area contributed by atoms with Crippen LogP contribution in [0, 0.1) is 5.92 Å². The first-order valence-corrected chi connectivity index (χ1v) is 8.86. The number of nitrogen functional groups attached to an aromatic ring is 1. The van der Waals surface area contributed by atoms with E-state index >= 15 is 0 Å². The molecule has 0 fully saturated rings. The number of aliphatic carboxylic acids is 1. The number of hydrogen-bond acceptors (Lipinski definition) is 6. The van der Waals surface area contributed by atoms with Crippen LogP contribution in [-0.4, -0.2) is 36.7 Å². The number of carbonyl (C=O) groups is 1. The van der Waals surface area contributed by atoms with Gasteiger partial charge in [-0.05, 0) is 36.1 Å². The van der Waals surface area contributed by atoms with Gasteiger partial charge in [0.2, 0.25) is 0 Å². The van der Waals surface area contributed by atoms with Crippen molar-refractivity contribution in [3.05, 3.63) is 54.0 Å². The second-order valence-electron chi connectivity index (χ2n) is 6.44. The number of aromatic nitrogens is 5. The molecule has 0 saturated carbocycles. The van der Waals surface area contributed by atoms with Crippen LogP contribution in [0.3, 0.4) is 0 Å². The highest BCUT2D eigenvalue weighted by Crippen LogP contribution is 2.33. The summed E-state index contributed by atoms with van der Waals surface area (Å²) in [6.45, 7) is 1.97. The summed E-state index contributed by atoms with van der Waals surface area (Å²) in [6.07, 6.45) is 3.50. The Balaban J connectivity index is 1.99. The van der Waals surface area contributed by atoms with Gasteiger partial charge in [-0.25, -0.2) is 4.98 Å². The van der Waals surface area contributed by atoms with Gasteiger partial charge in [0.05, 0.1) is 5.92 Å². The van der Waals surface area contributed by atoms with E-state index in [4.69, 9.17) is 5.73 Å². The van der Waals surface area contributed by atoms with Crippen LogP contribution in [0.25, 0.3) is 11.1 Å². The van der Waals surface area contributed by atoms with E-state index in [0.717, 1.165) is 23.1 Å². The fraction of sp³-hybridized carbons (Fsp3) is 0.316. The average molecular weight is 366 g/mol. The molecule has 3 rings (SSSR count). The highest BCUT2D eigenvalue weighted by molar-refractivity contribution is 5.72. The Labute approximate surface area is 156 Å². The zero-order valence-corrected chi connectivity index (χ0v) is 15.0. The van der Waals surface area contributed by atoms with E-state index in [-0.39, 0.29) is 5.92 Å². The van der Waals surface area contributed by atoms with Crippen molar-refractivity contribution in [1.29, 1.82) is 0 Å². The summed E-state index contributed by atoms with van der Waals surface area (Å²) in [5, 5.41) is 24.0. The van der Waals surface area contributed by atoms with Gasteiger partial charge in [0.15, 0.2) is 5.82 Å². The molecule has 4 N–H and O–H groups in total. The molecule has 2 unspecified atom stereocenters. The van der Waals surface area contributed by atoms with Crippen molar-refractivity contribution in [2.24, 2.45) is 5.92 Å². The van der Waals surface area contributed by atoms with Crippen molar-refractivity contribution in [2.45, 2.75) is 32.1 Å². The molecule has 0 spiro atoms. The molecule has 1 aromatic carbocycles. The van der Waals surface area contributed by atoms with Crippen molar-refractivity contribution >= 4 is 11.8 Å². The number of hydrogen-bond donors (Lipinski definition) is 3. The van der Waals surface area contributed by atoms with Crippen molar-refractivity contribution in [3.63, 3.8) is 0 Å². The van der Waals surface area contributed by atoms with Gasteiger partial charge < -0.3 is 10.8 Å². The van der Waals surface area contributed by atoms with Gasteiger partial charge in [0.25, 0.3) is 0 Å². The van der Waals surface area contributed by atoms with Gasteiger partial charge in [-0.3, -0.25) is 4.79 Å². The highest BCUT2D eigenvalue weighted by Gasteiger charge is 2.32. The second-order valence-corrected chi connectivity index (χ2v) is 6.44. The number of tetrazole rings is 1. The first-order valence-electron chi connectivity index (χ1n) is 8.86. The Kier molecular flexibility index (Phi) is 5.75. The summed E-state index contributed by atoms with van der Waals surface area (Å²) in [7, 11) is 0. The van der Waals surface area contributed by atoms with Gasteiger partial charge in [0, 0.05) is 17.7 Å². The Hall–Kier alpha value is -3.29. The van der Waals surface area contributed by atoms with Crippen molar-refractivity contribution < 1.29 is 9.90 Å². The minimum Gasteiger partial charge on any atom is -0.481 e. The zero-order valence-electron chi connectivity index (χ0n) is 15.0. The SMILES string of the molecule is CCCC(C(=O)O)C(Cc1ccccc1-c1ccc(N)nc1)c1nn[nH]n1. The molecule has 0 aliphatic rings. The van der Waals surface area contributed by atoms with Crippen LogP contribution in [0.4, 0.5) is 5.82 Å². The molecule has 140 valence electrons. The van der Waals surface area contributed by atoms with E-state index in [0.29, 0.717) is 24.5 Å². The van der Waals surface area contributed by atoms with Crippen molar-refractivity contribution in [2.75, 3.05) is 5.73 Å². The summed E-state index contributed by atoms with van der Waals surface area (Å²) < 4.78 is 0. The van der Waals surface area contributed by atoms with E-state index in [1.165, 1.54) is 0 Å². The topological polar surface area (TPSA) is 131 Å². The van der Waals surface area contributed by atoms with E-state index in [1.54, 1.807) is 12.3 Å².